The molecule has 1 N–H and O–H groups in total. The van der Waals surface area contributed by atoms with Gasteiger partial charge in [0.05, 0.1) is 0 Å². The first kappa shape index (κ1) is 13.5. The van der Waals surface area contributed by atoms with Crippen molar-refractivity contribution in [3.63, 3.8) is 0 Å². The Bertz CT molecular complexity index is 248. The number of carboxylic acid groups (broad SMARTS) is 1. The molecular weight excluding hydrogens is 202 g/mol. The second kappa shape index (κ2) is 5.17. The number of nitrogens with zero attached hydrogens (tertiary/aromatic N) is 1. The molecule has 0 radical (unpaired) electrons. The van der Waals surface area contributed by atoms with Crippen molar-refractivity contribution in [2.75, 3.05) is 6.54 Å². The molecule has 1 rings (SSSR count). The Balaban J connectivity index is 2.72. The Morgan fingerprint density at radius 1 is 1.50 bits per heavy atom. The number of carbonyl (C=O) groups is 1. The lowest BCUT2D eigenvalue weighted by molar-refractivity contribution is -0.151. The number of hydrogen-bond donors (Lipinski definition) is 1. The highest BCUT2D eigenvalue weighted by Gasteiger charge is 2.45. The smallest absolute Gasteiger partial charge is 0.323 e. The summed E-state index contributed by atoms with van der Waals surface area (Å²) in [5.41, 5.74) is -0.666. The summed E-state index contributed by atoms with van der Waals surface area (Å²) in [5, 5.41) is 9.48. The molecule has 0 saturated heterocycles. The SMILES string of the molecule is CCN(C1CC1)C(C)(CCC(C)C)C(=O)O. The van der Waals surface area contributed by atoms with E-state index in [1.54, 1.807) is 0 Å². The summed E-state index contributed by atoms with van der Waals surface area (Å²) in [5.74, 6) is -0.0986. The van der Waals surface area contributed by atoms with E-state index in [-0.39, 0.29) is 0 Å². The second-order valence-corrected chi connectivity index (χ2v) is 5.53. The fourth-order valence-corrected chi connectivity index (χ4v) is 2.34. The molecule has 0 aromatic heterocycles. The van der Waals surface area contributed by atoms with E-state index < -0.39 is 11.5 Å². The lowest BCUT2D eigenvalue weighted by Crippen LogP contribution is -2.53. The molecule has 3 nitrogen and oxygen atoms in total. The van der Waals surface area contributed by atoms with Crippen molar-refractivity contribution in [2.24, 2.45) is 5.92 Å². The van der Waals surface area contributed by atoms with Crippen molar-refractivity contribution in [3.8, 4) is 0 Å². The Kier molecular flexibility index (Phi) is 4.36. The summed E-state index contributed by atoms with van der Waals surface area (Å²) >= 11 is 0. The molecule has 16 heavy (non-hydrogen) atoms. The van der Waals surface area contributed by atoms with Crippen molar-refractivity contribution in [2.45, 2.75) is 65.0 Å². The monoisotopic (exact) mass is 227 g/mol. The van der Waals surface area contributed by atoms with Crippen LogP contribution < -0.4 is 0 Å². The molecule has 0 bridgehead atoms. The molecule has 1 fully saturated rings. The van der Waals surface area contributed by atoms with Gasteiger partial charge < -0.3 is 5.11 Å². The van der Waals surface area contributed by atoms with Gasteiger partial charge in [0.25, 0.3) is 0 Å². The lowest BCUT2D eigenvalue weighted by atomic mass is 9.90. The van der Waals surface area contributed by atoms with Gasteiger partial charge >= 0.3 is 5.97 Å². The zero-order valence-corrected chi connectivity index (χ0v) is 11.0. The van der Waals surface area contributed by atoms with E-state index in [0.29, 0.717) is 12.0 Å². The van der Waals surface area contributed by atoms with Gasteiger partial charge in [-0.25, -0.2) is 0 Å². The van der Waals surface area contributed by atoms with Gasteiger partial charge in [0.15, 0.2) is 0 Å². The largest absolute Gasteiger partial charge is 0.480 e. The molecule has 1 saturated carbocycles. The average molecular weight is 227 g/mol. The third kappa shape index (κ3) is 2.97. The first-order valence-electron chi connectivity index (χ1n) is 6.42. The quantitative estimate of drug-likeness (QED) is 0.727. The van der Waals surface area contributed by atoms with E-state index in [9.17, 15) is 9.90 Å². The number of likely N-dealkylation sites (N-methyl/N-ethyl adjacent to an activating group) is 1. The van der Waals surface area contributed by atoms with Crippen LogP contribution in [0.15, 0.2) is 0 Å². The van der Waals surface area contributed by atoms with Crippen molar-refractivity contribution in [3.05, 3.63) is 0 Å². The minimum Gasteiger partial charge on any atom is -0.480 e. The molecule has 0 spiro atoms. The standard InChI is InChI=1S/C13H25NO2/c1-5-14(11-6-7-11)13(4,12(15)16)9-8-10(2)3/h10-11H,5-9H2,1-4H3,(H,15,16). The summed E-state index contributed by atoms with van der Waals surface area (Å²) < 4.78 is 0. The van der Waals surface area contributed by atoms with Crippen LogP contribution >= 0.6 is 0 Å². The first-order valence-corrected chi connectivity index (χ1v) is 6.42. The minimum atomic E-state index is -0.666. The van der Waals surface area contributed by atoms with Crippen LogP contribution in [0.4, 0.5) is 0 Å². The van der Waals surface area contributed by atoms with Gasteiger partial charge in [-0.1, -0.05) is 20.8 Å². The maximum absolute atomic E-state index is 11.5. The molecule has 3 heteroatoms. The van der Waals surface area contributed by atoms with E-state index in [1.807, 2.05) is 6.92 Å². The number of hydrogen-bond acceptors (Lipinski definition) is 2. The summed E-state index contributed by atoms with van der Waals surface area (Å²) in [7, 11) is 0. The van der Waals surface area contributed by atoms with Crippen molar-refractivity contribution in [1.82, 2.24) is 4.90 Å². The van der Waals surface area contributed by atoms with Crippen LogP contribution in [0.3, 0.4) is 0 Å². The Morgan fingerprint density at radius 3 is 2.38 bits per heavy atom. The molecule has 1 aliphatic rings. The predicted octanol–water partition coefficient (Wildman–Crippen LogP) is 2.75. The summed E-state index contributed by atoms with van der Waals surface area (Å²) in [6, 6.07) is 0.512. The average Bonchev–Trinajstić information content (AvgIpc) is 2.99. The first-order chi connectivity index (χ1) is 7.41. The predicted molar refractivity (Wildman–Crippen MR) is 65.5 cm³/mol. The van der Waals surface area contributed by atoms with Crippen LogP contribution in [0.5, 0.6) is 0 Å². The highest BCUT2D eigenvalue weighted by atomic mass is 16.4. The van der Waals surface area contributed by atoms with Gasteiger partial charge in [0.1, 0.15) is 5.54 Å². The van der Waals surface area contributed by atoms with Crippen molar-refractivity contribution in [1.29, 1.82) is 0 Å². The number of carboxylic acids is 1. The molecule has 0 aromatic rings. The maximum Gasteiger partial charge on any atom is 0.323 e. The third-order valence-electron chi connectivity index (χ3n) is 3.63. The van der Waals surface area contributed by atoms with Gasteiger partial charge in [0.2, 0.25) is 0 Å². The Morgan fingerprint density at radius 2 is 2.06 bits per heavy atom. The molecule has 0 aromatic carbocycles. The van der Waals surface area contributed by atoms with Crippen molar-refractivity contribution >= 4 is 5.97 Å². The van der Waals surface area contributed by atoms with E-state index in [4.69, 9.17) is 0 Å². The van der Waals surface area contributed by atoms with Gasteiger partial charge in [0, 0.05) is 6.04 Å². The number of rotatable bonds is 7. The third-order valence-corrected chi connectivity index (χ3v) is 3.63. The summed E-state index contributed by atoms with van der Waals surface area (Å²) in [4.78, 5) is 13.7. The zero-order chi connectivity index (χ0) is 12.3. The van der Waals surface area contributed by atoms with E-state index in [1.165, 1.54) is 12.8 Å². The molecule has 1 unspecified atom stereocenters. The van der Waals surface area contributed by atoms with E-state index in [2.05, 4.69) is 25.7 Å². The lowest BCUT2D eigenvalue weighted by Gasteiger charge is -2.38. The molecule has 0 aliphatic heterocycles. The summed E-state index contributed by atoms with van der Waals surface area (Å²) in [6.07, 6.45) is 4.06. The molecule has 0 heterocycles. The van der Waals surface area contributed by atoms with Gasteiger partial charge in [-0.15, -0.1) is 0 Å². The van der Waals surface area contributed by atoms with Crippen LogP contribution in [0.25, 0.3) is 0 Å². The second-order valence-electron chi connectivity index (χ2n) is 5.53. The zero-order valence-electron chi connectivity index (χ0n) is 11.0. The van der Waals surface area contributed by atoms with Crippen LogP contribution in [-0.4, -0.2) is 34.1 Å². The van der Waals surface area contributed by atoms with Crippen LogP contribution in [0, 0.1) is 5.92 Å². The van der Waals surface area contributed by atoms with Gasteiger partial charge in [-0.2, -0.15) is 0 Å². The van der Waals surface area contributed by atoms with Crippen LogP contribution in [0.1, 0.15) is 53.4 Å². The fourth-order valence-electron chi connectivity index (χ4n) is 2.34. The van der Waals surface area contributed by atoms with E-state index >= 15 is 0 Å². The van der Waals surface area contributed by atoms with Crippen molar-refractivity contribution < 1.29 is 9.90 Å². The Hall–Kier alpha value is -0.570. The molecular formula is C13H25NO2. The molecule has 94 valence electrons. The van der Waals surface area contributed by atoms with Crippen LogP contribution in [0.2, 0.25) is 0 Å². The highest BCUT2D eigenvalue weighted by Crippen LogP contribution is 2.35. The molecule has 1 atom stereocenters. The normalized spacial score (nSPS) is 20.1. The summed E-state index contributed by atoms with van der Waals surface area (Å²) in [6.45, 7) is 9.09. The topological polar surface area (TPSA) is 40.5 Å². The maximum atomic E-state index is 11.5. The van der Waals surface area contributed by atoms with E-state index in [0.717, 1.165) is 19.4 Å². The fraction of sp³-hybridized carbons (Fsp3) is 0.923. The highest BCUT2D eigenvalue weighted by molar-refractivity contribution is 5.78. The minimum absolute atomic E-state index is 0.512. The molecule has 1 aliphatic carbocycles. The van der Waals surface area contributed by atoms with Gasteiger partial charge in [-0.05, 0) is 45.1 Å². The van der Waals surface area contributed by atoms with Crippen LogP contribution in [-0.2, 0) is 4.79 Å². The molecule has 0 amide bonds. The number of aliphatic carboxylic acids is 1. The Labute approximate surface area is 98.8 Å². The van der Waals surface area contributed by atoms with Gasteiger partial charge in [-0.3, -0.25) is 9.69 Å².